The number of hydrogen-bond donors (Lipinski definition) is 2. The molecule has 1 aromatic heterocycles. The first-order chi connectivity index (χ1) is 13.6. The average Bonchev–Trinajstić information content (AvgIpc) is 3.20. The van der Waals surface area contributed by atoms with Crippen molar-refractivity contribution in [3.05, 3.63) is 77.4 Å². The Balaban J connectivity index is 0.00000300. The fraction of sp³-hybridized carbons (Fsp3) is 0.318. The van der Waals surface area contributed by atoms with Gasteiger partial charge in [0.05, 0.1) is 12.2 Å². The van der Waals surface area contributed by atoms with Gasteiger partial charge in [-0.25, -0.2) is 14.7 Å². The van der Waals surface area contributed by atoms with Crippen LogP contribution in [0.2, 0.25) is 0 Å². The van der Waals surface area contributed by atoms with Crippen molar-refractivity contribution < 1.29 is 0 Å². The van der Waals surface area contributed by atoms with Gasteiger partial charge < -0.3 is 10.6 Å². The minimum absolute atomic E-state index is 0. The Morgan fingerprint density at radius 3 is 2.34 bits per heavy atom. The Kier molecular flexibility index (Phi) is 9.11. The van der Waals surface area contributed by atoms with Crippen LogP contribution in [-0.2, 0) is 13.0 Å². The van der Waals surface area contributed by atoms with Crippen molar-refractivity contribution in [3.8, 4) is 5.69 Å². The molecule has 0 unspecified atom stereocenters. The predicted octanol–water partition coefficient (Wildman–Crippen LogP) is 3.80. The van der Waals surface area contributed by atoms with E-state index in [1.165, 1.54) is 23.0 Å². The zero-order valence-electron chi connectivity index (χ0n) is 17.2. The Labute approximate surface area is 189 Å². The highest BCUT2D eigenvalue weighted by molar-refractivity contribution is 14.0. The molecule has 0 amide bonds. The van der Waals surface area contributed by atoms with Gasteiger partial charge in [-0.1, -0.05) is 41.5 Å². The first-order valence-electron chi connectivity index (χ1n) is 9.67. The minimum Gasteiger partial charge on any atom is -0.357 e. The summed E-state index contributed by atoms with van der Waals surface area (Å²) in [7, 11) is 0. The molecule has 2 N–H and O–H groups in total. The van der Waals surface area contributed by atoms with Gasteiger partial charge in [0.25, 0.3) is 0 Å². The summed E-state index contributed by atoms with van der Waals surface area (Å²) in [4.78, 5) is 8.68. The van der Waals surface area contributed by atoms with E-state index < -0.39 is 0 Å². The number of aromatic nitrogens is 3. The number of halogens is 1. The first kappa shape index (κ1) is 22.9. The number of aryl methyl sites for hydroxylation is 2. The molecule has 6 nitrogen and oxygen atoms in total. The number of hydrogen-bond acceptors (Lipinski definition) is 3. The van der Waals surface area contributed by atoms with Crippen LogP contribution < -0.4 is 10.6 Å². The van der Waals surface area contributed by atoms with Gasteiger partial charge in [-0.3, -0.25) is 0 Å². The van der Waals surface area contributed by atoms with E-state index in [0.29, 0.717) is 6.54 Å². The van der Waals surface area contributed by atoms with E-state index in [4.69, 9.17) is 4.99 Å². The van der Waals surface area contributed by atoms with Crippen LogP contribution in [0.25, 0.3) is 5.69 Å². The maximum Gasteiger partial charge on any atom is 0.191 e. The zero-order valence-corrected chi connectivity index (χ0v) is 19.6. The Morgan fingerprint density at radius 1 is 1.00 bits per heavy atom. The second-order valence-electron chi connectivity index (χ2n) is 6.87. The van der Waals surface area contributed by atoms with Crippen molar-refractivity contribution in [3.63, 3.8) is 0 Å². The summed E-state index contributed by atoms with van der Waals surface area (Å²) < 4.78 is 1.74. The van der Waals surface area contributed by atoms with Crippen molar-refractivity contribution in [2.45, 2.75) is 33.7 Å². The normalized spacial score (nSPS) is 11.1. The maximum atomic E-state index is 4.70. The Hall–Kier alpha value is -2.42. The molecule has 29 heavy (non-hydrogen) atoms. The Bertz CT molecular complexity index is 883. The van der Waals surface area contributed by atoms with Gasteiger partial charge in [-0.05, 0) is 50.5 Å². The van der Waals surface area contributed by atoms with Crippen LogP contribution in [0.15, 0.2) is 60.1 Å². The van der Waals surface area contributed by atoms with Crippen LogP contribution in [0.3, 0.4) is 0 Å². The summed E-state index contributed by atoms with van der Waals surface area (Å²) in [5.74, 6) is 0.840. The molecule has 0 aliphatic carbocycles. The molecule has 2 aromatic carbocycles. The quantitative estimate of drug-likeness (QED) is 0.292. The lowest BCUT2D eigenvalue weighted by Gasteiger charge is -2.12. The molecule has 0 radical (unpaired) electrons. The van der Waals surface area contributed by atoms with Crippen LogP contribution in [0, 0.1) is 13.8 Å². The molecular weight excluding hydrogens is 475 g/mol. The molecule has 3 rings (SSSR count). The average molecular weight is 504 g/mol. The summed E-state index contributed by atoms with van der Waals surface area (Å²) in [6.07, 6.45) is 4.19. The molecule has 0 saturated carbocycles. The largest absolute Gasteiger partial charge is 0.357 e. The molecule has 154 valence electrons. The van der Waals surface area contributed by atoms with E-state index in [1.54, 1.807) is 11.0 Å². The van der Waals surface area contributed by atoms with Gasteiger partial charge in [0.2, 0.25) is 0 Å². The molecule has 7 heteroatoms. The van der Waals surface area contributed by atoms with Crippen LogP contribution >= 0.6 is 24.0 Å². The second-order valence-corrected chi connectivity index (χ2v) is 6.87. The molecule has 0 bridgehead atoms. The van der Waals surface area contributed by atoms with Gasteiger partial charge in [0, 0.05) is 13.1 Å². The van der Waals surface area contributed by atoms with Crippen molar-refractivity contribution >= 4 is 29.9 Å². The molecule has 0 atom stereocenters. The number of benzene rings is 2. The van der Waals surface area contributed by atoms with Crippen LogP contribution in [-0.4, -0.2) is 33.8 Å². The van der Waals surface area contributed by atoms with Gasteiger partial charge in [0.1, 0.15) is 12.7 Å². The van der Waals surface area contributed by atoms with Gasteiger partial charge in [-0.2, -0.15) is 5.10 Å². The maximum absolute atomic E-state index is 4.70. The van der Waals surface area contributed by atoms with E-state index in [1.807, 2.05) is 12.1 Å². The number of guanidine groups is 1. The lowest BCUT2D eigenvalue weighted by atomic mass is 10.1. The fourth-order valence-electron chi connectivity index (χ4n) is 3.15. The smallest absolute Gasteiger partial charge is 0.191 e. The molecule has 1 heterocycles. The number of rotatable bonds is 7. The van der Waals surface area contributed by atoms with E-state index in [2.05, 4.69) is 71.8 Å². The predicted molar refractivity (Wildman–Crippen MR) is 129 cm³/mol. The van der Waals surface area contributed by atoms with Gasteiger partial charge in [0.15, 0.2) is 5.96 Å². The van der Waals surface area contributed by atoms with E-state index >= 15 is 0 Å². The topological polar surface area (TPSA) is 67.1 Å². The zero-order chi connectivity index (χ0) is 19.8. The minimum atomic E-state index is 0. The second kappa shape index (κ2) is 11.5. The van der Waals surface area contributed by atoms with Crippen LogP contribution in [0.4, 0.5) is 0 Å². The van der Waals surface area contributed by atoms with Crippen molar-refractivity contribution in [1.29, 1.82) is 0 Å². The first-order valence-corrected chi connectivity index (χ1v) is 9.67. The summed E-state index contributed by atoms with van der Waals surface area (Å²) in [5.41, 5.74) is 6.11. The van der Waals surface area contributed by atoms with Crippen LogP contribution in [0.5, 0.6) is 0 Å². The summed E-state index contributed by atoms with van der Waals surface area (Å²) in [6, 6.07) is 14.9. The number of nitrogens with one attached hydrogen (secondary N) is 2. The monoisotopic (exact) mass is 504 g/mol. The van der Waals surface area contributed by atoms with Crippen LogP contribution in [0.1, 0.15) is 29.2 Å². The molecule has 0 saturated heterocycles. The van der Waals surface area contributed by atoms with E-state index in [-0.39, 0.29) is 24.0 Å². The summed E-state index contributed by atoms with van der Waals surface area (Å²) >= 11 is 0. The third-order valence-corrected chi connectivity index (χ3v) is 4.37. The highest BCUT2D eigenvalue weighted by atomic mass is 127. The Morgan fingerprint density at radius 2 is 1.72 bits per heavy atom. The summed E-state index contributed by atoms with van der Waals surface area (Å²) in [5, 5.41) is 10.9. The number of aliphatic imine (C=N–C) groups is 1. The molecule has 0 fully saturated rings. The van der Waals surface area contributed by atoms with Gasteiger partial charge >= 0.3 is 0 Å². The third kappa shape index (κ3) is 7.16. The van der Waals surface area contributed by atoms with Crippen molar-refractivity contribution in [1.82, 2.24) is 25.4 Å². The SMILES string of the molecule is CCNC(=NCc1ccc(-n2cncn2)cc1)NCCc1cc(C)cc(C)c1.I. The lowest BCUT2D eigenvalue weighted by Crippen LogP contribution is -2.38. The van der Waals surface area contributed by atoms with Gasteiger partial charge in [-0.15, -0.1) is 24.0 Å². The molecule has 0 aliphatic heterocycles. The van der Waals surface area contributed by atoms with E-state index in [0.717, 1.165) is 36.7 Å². The third-order valence-electron chi connectivity index (χ3n) is 4.37. The standard InChI is InChI=1S/C22H28N6.HI/c1-4-24-22(25-10-9-20-12-17(2)11-18(3)13-20)26-14-19-5-7-21(8-6-19)28-16-23-15-27-28;/h5-8,11-13,15-16H,4,9-10,14H2,1-3H3,(H2,24,25,26);1H. The fourth-order valence-corrected chi connectivity index (χ4v) is 3.15. The summed E-state index contributed by atoms with van der Waals surface area (Å²) in [6.45, 7) is 8.67. The molecule has 3 aromatic rings. The van der Waals surface area contributed by atoms with Crippen molar-refractivity contribution in [2.24, 2.45) is 4.99 Å². The number of nitrogens with zero attached hydrogens (tertiary/aromatic N) is 4. The lowest BCUT2D eigenvalue weighted by molar-refractivity contribution is 0.799. The molecular formula is C22H29IN6. The molecule has 0 spiro atoms. The highest BCUT2D eigenvalue weighted by Gasteiger charge is 2.01. The van der Waals surface area contributed by atoms with E-state index in [9.17, 15) is 0 Å². The van der Waals surface area contributed by atoms with Crippen molar-refractivity contribution in [2.75, 3.05) is 13.1 Å². The highest BCUT2D eigenvalue weighted by Crippen LogP contribution is 2.10. The molecule has 0 aliphatic rings.